The van der Waals surface area contributed by atoms with Gasteiger partial charge < -0.3 is 0 Å². The van der Waals surface area contributed by atoms with Crippen LogP contribution in [-0.4, -0.2) is 16.0 Å². The Bertz CT molecular complexity index is 851. The van der Waals surface area contributed by atoms with Crippen LogP contribution >= 0.6 is 11.6 Å². The molecular weight excluding hydrogens is 315 g/mol. The summed E-state index contributed by atoms with van der Waals surface area (Å²) >= 11 is 5.86. The third kappa shape index (κ3) is 3.73. The van der Waals surface area contributed by atoms with Crippen LogP contribution in [0.5, 0.6) is 0 Å². The van der Waals surface area contributed by atoms with E-state index in [1.807, 2.05) is 18.2 Å². The minimum absolute atomic E-state index is 0.201. The summed E-state index contributed by atoms with van der Waals surface area (Å²) < 4.78 is 12.8. The molecule has 0 radical (unpaired) electrons. The molecule has 0 unspecified atom stereocenters. The molecular formula is C18H12ClFN2O. The second kappa shape index (κ2) is 6.58. The van der Waals surface area contributed by atoms with E-state index in [0.29, 0.717) is 16.3 Å². The van der Waals surface area contributed by atoms with Gasteiger partial charge in [-0.15, -0.1) is 0 Å². The fourth-order valence-corrected chi connectivity index (χ4v) is 2.19. The lowest BCUT2D eigenvalue weighted by molar-refractivity contribution is 0.104. The molecule has 1 N–H and O–H groups in total. The zero-order valence-electron chi connectivity index (χ0n) is 12.0. The highest BCUT2D eigenvalue weighted by Crippen LogP contribution is 2.20. The van der Waals surface area contributed by atoms with E-state index in [2.05, 4.69) is 10.2 Å². The third-order valence-electron chi connectivity index (χ3n) is 3.28. The van der Waals surface area contributed by atoms with Gasteiger partial charge in [-0.3, -0.25) is 9.89 Å². The summed E-state index contributed by atoms with van der Waals surface area (Å²) in [5.41, 5.74) is 2.82. The number of halogens is 2. The topological polar surface area (TPSA) is 45.8 Å². The number of carbonyl (C=O) groups is 1. The zero-order chi connectivity index (χ0) is 16.2. The molecule has 0 bridgehead atoms. The minimum Gasteiger partial charge on any atom is -0.289 e. The first-order valence-electron chi connectivity index (χ1n) is 6.91. The lowest BCUT2D eigenvalue weighted by Crippen LogP contribution is -1.93. The van der Waals surface area contributed by atoms with Crippen LogP contribution < -0.4 is 0 Å². The van der Waals surface area contributed by atoms with E-state index in [1.165, 1.54) is 30.3 Å². The van der Waals surface area contributed by atoms with Crippen molar-refractivity contribution in [2.45, 2.75) is 0 Å². The molecule has 0 aliphatic heterocycles. The van der Waals surface area contributed by atoms with Crippen LogP contribution in [0.3, 0.4) is 0 Å². The van der Waals surface area contributed by atoms with Crippen molar-refractivity contribution in [1.29, 1.82) is 0 Å². The number of benzene rings is 2. The zero-order valence-corrected chi connectivity index (χ0v) is 12.7. The second-order valence-corrected chi connectivity index (χ2v) is 5.36. The first-order valence-corrected chi connectivity index (χ1v) is 7.29. The van der Waals surface area contributed by atoms with Gasteiger partial charge in [-0.05, 0) is 54.6 Å². The molecule has 0 saturated heterocycles. The number of carbonyl (C=O) groups excluding carboxylic acids is 1. The Labute approximate surface area is 137 Å². The van der Waals surface area contributed by atoms with E-state index in [9.17, 15) is 9.18 Å². The molecule has 3 aromatic rings. The number of aromatic amines is 1. The van der Waals surface area contributed by atoms with Crippen LogP contribution in [0.15, 0.2) is 60.7 Å². The summed E-state index contributed by atoms with van der Waals surface area (Å²) in [6, 6.07) is 14.6. The van der Waals surface area contributed by atoms with Gasteiger partial charge in [-0.25, -0.2) is 4.39 Å². The number of aromatic nitrogens is 2. The highest BCUT2D eigenvalue weighted by Gasteiger charge is 2.04. The van der Waals surface area contributed by atoms with Crippen LogP contribution in [0, 0.1) is 5.82 Å². The average molecular weight is 327 g/mol. The number of H-pyrrole nitrogens is 1. The highest BCUT2D eigenvalue weighted by molar-refractivity contribution is 6.30. The van der Waals surface area contributed by atoms with Crippen molar-refractivity contribution in [2.24, 2.45) is 0 Å². The van der Waals surface area contributed by atoms with Crippen molar-refractivity contribution < 1.29 is 9.18 Å². The van der Waals surface area contributed by atoms with Crippen LogP contribution in [0.25, 0.3) is 17.3 Å². The van der Waals surface area contributed by atoms with Crippen LogP contribution in [-0.2, 0) is 0 Å². The van der Waals surface area contributed by atoms with Gasteiger partial charge in [0.1, 0.15) is 5.82 Å². The molecule has 23 heavy (non-hydrogen) atoms. The number of hydrogen-bond acceptors (Lipinski definition) is 2. The first kappa shape index (κ1) is 15.2. The normalized spacial score (nSPS) is 11.0. The van der Waals surface area contributed by atoms with Crippen LogP contribution in [0.1, 0.15) is 16.1 Å². The predicted molar refractivity (Wildman–Crippen MR) is 88.8 cm³/mol. The Kier molecular flexibility index (Phi) is 4.35. The van der Waals surface area contributed by atoms with E-state index in [1.54, 1.807) is 18.2 Å². The maximum absolute atomic E-state index is 12.8. The van der Waals surface area contributed by atoms with E-state index in [0.717, 1.165) is 11.3 Å². The van der Waals surface area contributed by atoms with Crippen LogP contribution in [0.4, 0.5) is 4.39 Å². The van der Waals surface area contributed by atoms with E-state index in [-0.39, 0.29) is 11.6 Å². The standard InChI is InChI=1S/C18H12ClFN2O/c19-14-5-1-12(2-6-14)17-11-16(21-22-17)9-10-18(23)13-3-7-15(20)8-4-13/h1-11H,(H,21,22). The molecule has 2 aromatic carbocycles. The summed E-state index contributed by atoms with van der Waals surface area (Å²) in [6.45, 7) is 0. The number of ketones is 1. The maximum Gasteiger partial charge on any atom is 0.185 e. The SMILES string of the molecule is O=C(C=Cc1cc(-c2ccc(Cl)cc2)n[nH]1)c1ccc(F)cc1. The van der Waals surface area contributed by atoms with Gasteiger partial charge in [-0.2, -0.15) is 5.10 Å². The molecule has 3 nitrogen and oxygen atoms in total. The van der Waals surface area contributed by atoms with Gasteiger partial charge >= 0.3 is 0 Å². The Morgan fingerprint density at radius 1 is 1.09 bits per heavy atom. The summed E-state index contributed by atoms with van der Waals surface area (Å²) in [6.07, 6.45) is 3.06. The number of nitrogens with zero attached hydrogens (tertiary/aromatic N) is 1. The van der Waals surface area contributed by atoms with Crippen molar-refractivity contribution in [3.8, 4) is 11.3 Å². The summed E-state index contributed by atoms with van der Waals surface area (Å²) in [4.78, 5) is 12.0. The molecule has 0 aliphatic carbocycles. The van der Waals surface area contributed by atoms with Crippen molar-refractivity contribution in [3.63, 3.8) is 0 Å². The quantitative estimate of drug-likeness (QED) is 0.554. The molecule has 3 rings (SSSR count). The molecule has 0 spiro atoms. The fraction of sp³-hybridized carbons (Fsp3) is 0. The van der Waals surface area contributed by atoms with Crippen molar-refractivity contribution >= 4 is 23.5 Å². The summed E-state index contributed by atoms with van der Waals surface area (Å²) in [7, 11) is 0. The van der Waals surface area contributed by atoms with Crippen molar-refractivity contribution in [1.82, 2.24) is 10.2 Å². The predicted octanol–water partition coefficient (Wildman–Crippen LogP) is 4.77. The number of allylic oxidation sites excluding steroid dienone is 1. The molecule has 0 atom stereocenters. The average Bonchev–Trinajstić information content (AvgIpc) is 3.03. The van der Waals surface area contributed by atoms with Gasteiger partial charge in [0.15, 0.2) is 5.78 Å². The number of rotatable bonds is 4. The molecule has 0 amide bonds. The highest BCUT2D eigenvalue weighted by atomic mass is 35.5. The van der Waals surface area contributed by atoms with Crippen molar-refractivity contribution in [2.75, 3.05) is 0 Å². The number of hydrogen-bond donors (Lipinski definition) is 1. The van der Waals surface area contributed by atoms with Gasteiger partial charge in [-0.1, -0.05) is 23.7 Å². The number of nitrogens with one attached hydrogen (secondary N) is 1. The van der Waals surface area contributed by atoms with Gasteiger partial charge in [0.2, 0.25) is 0 Å². The van der Waals surface area contributed by atoms with Gasteiger partial charge in [0.05, 0.1) is 11.4 Å². The van der Waals surface area contributed by atoms with Crippen LogP contribution in [0.2, 0.25) is 5.02 Å². The molecule has 1 aromatic heterocycles. The summed E-state index contributed by atoms with van der Waals surface area (Å²) in [5.74, 6) is -0.570. The lowest BCUT2D eigenvalue weighted by Gasteiger charge is -1.95. The molecule has 5 heteroatoms. The monoisotopic (exact) mass is 326 g/mol. The Morgan fingerprint density at radius 3 is 2.48 bits per heavy atom. The Balaban J connectivity index is 1.74. The summed E-state index contributed by atoms with van der Waals surface area (Å²) in [5, 5.41) is 7.71. The lowest BCUT2D eigenvalue weighted by atomic mass is 10.1. The third-order valence-corrected chi connectivity index (χ3v) is 3.53. The fourth-order valence-electron chi connectivity index (χ4n) is 2.07. The molecule has 114 valence electrons. The van der Waals surface area contributed by atoms with Gasteiger partial charge in [0.25, 0.3) is 0 Å². The van der Waals surface area contributed by atoms with Crippen molar-refractivity contribution in [3.05, 3.63) is 82.8 Å². The van der Waals surface area contributed by atoms with E-state index < -0.39 is 0 Å². The smallest absolute Gasteiger partial charge is 0.185 e. The minimum atomic E-state index is -0.369. The second-order valence-electron chi connectivity index (χ2n) is 4.92. The maximum atomic E-state index is 12.8. The first-order chi connectivity index (χ1) is 11.1. The molecule has 0 aliphatic rings. The molecule has 0 saturated carbocycles. The van der Waals surface area contributed by atoms with E-state index >= 15 is 0 Å². The van der Waals surface area contributed by atoms with Gasteiger partial charge in [0, 0.05) is 16.1 Å². The Morgan fingerprint density at radius 2 is 1.78 bits per heavy atom. The molecule has 0 fully saturated rings. The molecule has 1 heterocycles. The van der Waals surface area contributed by atoms with E-state index in [4.69, 9.17) is 11.6 Å². The largest absolute Gasteiger partial charge is 0.289 e. The Hall–Kier alpha value is -2.72.